The molecule has 13 heteroatoms. The van der Waals surface area contributed by atoms with Gasteiger partial charge in [0.05, 0.1) is 12.1 Å². The van der Waals surface area contributed by atoms with Crippen LogP contribution in [0.15, 0.2) is 52.3 Å². The Morgan fingerprint density at radius 2 is 1.83 bits per heavy atom. The molecule has 0 unspecified atom stereocenters. The molecule has 13 nitrogen and oxygen atoms in total. The van der Waals surface area contributed by atoms with Crippen molar-refractivity contribution < 1.29 is 23.6 Å². The topological polar surface area (TPSA) is 153 Å². The van der Waals surface area contributed by atoms with Gasteiger partial charge in [-0.25, -0.2) is 9.98 Å². The number of hydrogen-bond acceptors (Lipinski definition) is 8. The van der Waals surface area contributed by atoms with E-state index in [0.29, 0.717) is 29.8 Å². The Bertz CT molecular complexity index is 1490. The maximum Gasteiger partial charge on any atom is 0.271 e. The smallest absolute Gasteiger partial charge is 0.271 e. The molecule has 2 N–H and O–H groups in total. The Labute approximate surface area is 243 Å². The first-order valence-electron chi connectivity index (χ1n) is 14.0. The summed E-state index contributed by atoms with van der Waals surface area (Å²) in [4.78, 5) is 69.5. The van der Waals surface area contributed by atoms with Gasteiger partial charge in [0.2, 0.25) is 17.8 Å². The summed E-state index contributed by atoms with van der Waals surface area (Å²) in [5, 5.41) is 5.86. The van der Waals surface area contributed by atoms with E-state index in [1.54, 1.807) is 42.1 Å². The van der Waals surface area contributed by atoms with Gasteiger partial charge in [-0.15, -0.1) is 0 Å². The molecule has 1 atom stereocenters. The van der Waals surface area contributed by atoms with Gasteiger partial charge >= 0.3 is 0 Å². The van der Waals surface area contributed by atoms with Gasteiger partial charge in [-0.3, -0.25) is 29.5 Å². The zero-order valence-corrected chi connectivity index (χ0v) is 23.7. The summed E-state index contributed by atoms with van der Waals surface area (Å²) < 4.78 is 5.32. The van der Waals surface area contributed by atoms with E-state index in [9.17, 15) is 19.2 Å². The number of carbonyl (C=O) groups is 4. The highest BCUT2D eigenvalue weighted by Crippen LogP contribution is 2.20. The fourth-order valence-electron chi connectivity index (χ4n) is 4.98. The van der Waals surface area contributed by atoms with Gasteiger partial charge in [0, 0.05) is 45.6 Å². The van der Waals surface area contributed by atoms with Gasteiger partial charge in [-0.1, -0.05) is 0 Å². The Kier molecular flexibility index (Phi) is 8.74. The lowest BCUT2D eigenvalue weighted by atomic mass is 10.1. The molecule has 4 amide bonds. The third-order valence-electron chi connectivity index (χ3n) is 7.30. The fraction of sp³-hybridized carbons (Fsp3) is 0.414. The number of benzene rings is 1. The standard InChI is InChI=1S/C29H34N8O5/c1-35(2)27(40)21-10-8-19(16-30-21)26(39)34-29(32-20-9-11-24-23(15-20)31-18-42-24)33-22-7-3-4-14-37(28(22)41)17-25(38)36-12-5-6-13-36/h8-11,15-16,18,22H,3-7,12-14,17H2,1-2H3,(H2,32,33,34,39)/t22-/m0/s1. The minimum Gasteiger partial charge on any atom is -0.443 e. The van der Waals surface area contributed by atoms with Crippen molar-refractivity contribution in [2.45, 2.75) is 38.1 Å². The van der Waals surface area contributed by atoms with E-state index >= 15 is 0 Å². The molecule has 220 valence electrons. The van der Waals surface area contributed by atoms with Crippen LogP contribution in [0.2, 0.25) is 0 Å². The number of pyridine rings is 1. The van der Waals surface area contributed by atoms with Crippen LogP contribution < -0.4 is 10.6 Å². The lowest BCUT2D eigenvalue weighted by Crippen LogP contribution is -2.45. The molecule has 4 heterocycles. The predicted molar refractivity (Wildman–Crippen MR) is 155 cm³/mol. The molecule has 0 saturated carbocycles. The zero-order valence-electron chi connectivity index (χ0n) is 23.7. The van der Waals surface area contributed by atoms with Gasteiger partial charge in [0.15, 0.2) is 12.0 Å². The third-order valence-corrected chi connectivity index (χ3v) is 7.30. The number of carbonyl (C=O) groups excluding carboxylic acids is 4. The van der Waals surface area contributed by atoms with Crippen molar-refractivity contribution in [2.75, 3.05) is 45.6 Å². The molecule has 1 aromatic carbocycles. The molecule has 2 aliphatic rings. The number of guanidine groups is 1. The van der Waals surface area contributed by atoms with Crippen LogP contribution in [0.1, 0.15) is 53.0 Å². The third kappa shape index (κ3) is 6.73. The molecule has 0 spiro atoms. The number of oxazole rings is 1. The van der Waals surface area contributed by atoms with Gasteiger partial charge in [-0.2, -0.15) is 0 Å². The summed E-state index contributed by atoms with van der Waals surface area (Å²) in [6, 6.07) is 7.39. The van der Waals surface area contributed by atoms with E-state index in [1.807, 2.05) is 0 Å². The number of anilines is 1. The first-order chi connectivity index (χ1) is 20.3. The first kappa shape index (κ1) is 28.7. The maximum atomic E-state index is 13.6. The normalized spacial score (nSPS) is 17.7. The maximum absolute atomic E-state index is 13.6. The van der Waals surface area contributed by atoms with E-state index in [0.717, 1.165) is 38.8 Å². The number of fused-ring (bicyclic) bond motifs is 1. The zero-order chi connectivity index (χ0) is 29.6. The van der Waals surface area contributed by atoms with Crippen LogP contribution in [-0.4, -0.2) is 101 Å². The van der Waals surface area contributed by atoms with Crippen LogP contribution in [0.3, 0.4) is 0 Å². The van der Waals surface area contributed by atoms with Crippen molar-refractivity contribution >= 4 is 46.4 Å². The average Bonchev–Trinajstić information content (AvgIpc) is 3.67. The molecule has 2 aliphatic heterocycles. The van der Waals surface area contributed by atoms with Crippen LogP contribution in [-0.2, 0) is 9.59 Å². The van der Waals surface area contributed by atoms with E-state index in [4.69, 9.17) is 4.42 Å². The molecule has 0 bridgehead atoms. The lowest BCUT2D eigenvalue weighted by molar-refractivity contribution is -0.140. The second-order valence-electron chi connectivity index (χ2n) is 10.6. The summed E-state index contributed by atoms with van der Waals surface area (Å²) in [6.45, 7) is 1.94. The van der Waals surface area contributed by atoms with Crippen molar-refractivity contribution in [3.05, 3.63) is 54.2 Å². The molecule has 2 saturated heterocycles. The summed E-state index contributed by atoms with van der Waals surface area (Å²) in [5.74, 6) is -1.06. The average molecular weight is 575 g/mol. The van der Waals surface area contributed by atoms with Crippen LogP contribution in [0.5, 0.6) is 0 Å². The number of nitrogens with zero attached hydrogens (tertiary/aromatic N) is 6. The van der Waals surface area contributed by atoms with E-state index in [2.05, 4.69) is 25.6 Å². The highest BCUT2D eigenvalue weighted by molar-refractivity contribution is 6.11. The minimum absolute atomic E-state index is 0.0203. The largest absolute Gasteiger partial charge is 0.443 e. The number of aromatic nitrogens is 2. The quantitative estimate of drug-likeness (QED) is 0.335. The minimum atomic E-state index is -0.796. The van der Waals surface area contributed by atoms with Gasteiger partial charge in [-0.05, 0) is 62.4 Å². The number of hydrogen-bond donors (Lipinski definition) is 2. The number of amides is 4. The summed E-state index contributed by atoms with van der Waals surface area (Å²) in [5.41, 5.74) is 2.18. The molecule has 2 aromatic heterocycles. The Balaban J connectivity index is 1.38. The summed E-state index contributed by atoms with van der Waals surface area (Å²) >= 11 is 0. The number of likely N-dealkylation sites (tertiary alicyclic amines) is 2. The molecule has 5 rings (SSSR count). The van der Waals surface area contributed by atoms with Gasteiger partial charge in [0.1, 0.15) is 17.3 Å². The summed E-state index contributed by atoms with van der Waals surface area (Å²) in [6.07, 6.45) is 6.58. The molecule has 2 fully saturated rings. The Hall–Kier alpha value is -4.81. The highest BCUT2D eigenvalue weighted by Gasteiger charge is 2.30. The Morgan fingerprint density at radius 1 is 1.05 bits per heavy atom. The predicted octanol–water partition coefficient (Wildman–Crippen LogP) is 2.13. The van der Waals surface area contributed by atoms with Gasteiger partial charge < -0.3 is 24.4 Å². The van der Waals surface area contributed by atoms with Crippen molar-refractivity contribution in [2.24, 2.45) is 4.99 Å². The monoisotopic (exact) mass is 574 g/mol. The number of nitrogens with one attached hydrogen (secondary N) is 2. The van der Waals surface area contributed by atoms with Crippen molar-refractivity contribution in [3.8, 4) is 0 Å². The first-order valence-corrected chi connectivity index (χ1v) is 14.0. The fourth-order valence-corrected chi connectivity index (χ4v) is 4.98. The Morgan fingerprint density at radius 3 is 2.57 bits per heavy atom. The van der Waals surface area contributed by atoms with E-state index in [1.165, 1.54) is 29.6 Å². The van der Waals surface area contributed by atoms with Crippen molar-refractivity contribution in [1.82, 2.24) is 30.0 Å². The van der Waals surface area contributed by atoms with Crippen molar-refractivity contribution in [1.29, 1.82) is 0 Å². The van der Waals surface area contributed by atoms with Crippen LogP contribution in [0.25, 0.3) is 11.1 Å². The second kappa shape index (κ2) is 12.8. The SMILES string of the molecule is CN(C)C(=O)c1ccc(C(=O)NC(=N[C@H]2CCCCN(CC(=O)N3CCCC3)C2=O)Nc2ccc3ocnc3c2)cn1. The van der Waals surface area contributed by atoms with Gasteiger partial charge in [0.25, 0.3) is 11.8 Å². The molecular formula is C29H34N8O5. The second-order valence-corrected chi connectivity index (χ2v) is 10.6. The molecule has 0 radical (unpaired) electrons. The number of aliphatic imine (C=N–C) groups is 1. The van der Waals surface area contributed by atoms with Crippen LogP contribution in [0, 0.1) is 0 Å². The molecule has 42 heavy (non-hydrogen) atoms. The van der Waals surface area contributed by atoms with Crippen molar-refractivity contribution in [3.63, 3.8) is 0 Å². The summed E-state index contributed by atoms with van der Waals surface area (Å²) in [7, 11) is 3.24. The lowest BCUT2D eigenvalue weighted by Gasteiger charge is -2.25. The molecular weight excluding hydrogens is 540 g/mol. The molecule has 3 aromatic rings. The number of rotatable bonds is 6. The van der Waals surface area contributed by atoms with E-state index in [-0.39, 0.29) is 41.5 Å². The molecule has 0 aliphatic carbocycles. The van der Waals surface area contributed by atoms with E-state index < -0.39 is 11.9 Å². The highest BCUT2D eigenvalue weighted by atomic mass is 16.3. The van der Waals surface area contributed by atoms with Crippen LogP contribution >= 0.6 is 0 Å². The van der Waals surface area contributed by atoms with Crippen LogP contribution in [0.4, 0.5) is 5.69 Å².